The number of aliphatic hydroxyl groups is 2. The molecule has 4 rings (SSSR count). The smallest absolute Gasteiger partial charge is 0.338 e. The van der Waals surface area contributed by atoms with Crippen LogP contribution in [0.5, 0.6) is 0 Å². The molecule has 0 amide bonds. The second-order valence-electron chi connectivity index (χ2n) is 9.50. The van der Waals surface area contributed by atoms with Crippen molar-refractivity contribution in [3.05, 3.63) is 11.6 Å². The van der Waals surface area contributed by atoms with Crippen LogP contribution in [-0.4, -0.2) is 35.0 Å². The third-order valence-electron chi connectivity index (χ3n) is 8.75. The number of fused-ring (bicyclic) bond motifs is 5. The van der Waals surface area contributed by atoms with E-state index in [1.807, 2.05) is 0 Å². The summed E-state index contributed by atoms with van der Waals surface area (Å²) in [5, 5.41) is 21.3. The Balaban J connectivity index is 1.68. The molecule has 0 aromatic carbocycles. The van der Waals surface area contributed by atoms with Crippen molar-refractivity contribution < 1.29 is 19.7 Å². The summed E-state index contributed by atoms with van der Waals surface area (Å²) < 4.78 is 4.98. The fourth-order valence-corrected chi connectivity index (χ4v) is 7.16. The van der Waals surface area contributed by atoms with E-state index >= 15 is 0 Å². The summed E-state index contributed by atoms with van der Waals surface area (Å²) in [7, 11) is 1.38. The van der Waals surface area contributed by atoms with Gasteiger partial charge in [-0.25, -0.2) is 4.79 Å². The molecule has 3 saturated carbocycles. The maximum Gasteiger partial charge on any atom is 0.338 e. The molecular formula is C21H32O4. The SMILES string of the molecule is COC(=O)C1(O)CCC2C3CC=C4CC(O)CCC4(C)C3CCC21C. The molecule has 25 heavy (non-hydrogen) atoms. The molecule has 4 aliphatic carbocycles. The Morgan fingerprint density at radius 2 is 1.88 bits per heavy atom. The van der Waals surface area contributed by atoms with Crippen molar-refractivity contribution in [2.45, 2.75) is 76.9 Å². The number of carbonyl (C=O) groups excluding carboxylic acids is 1. The van der Waals surface area contributed by atoms with Gasteiger partial charge >= 0.3 is 5.97 Å². The molecule has 4 heteroatoms. The average Bonchev–Trinajstić information content (AvgIpc) is 2.87. The quantitative estimate of drug-likeness (QED) is 0.564. The standard InChI is InChI=1S/C21H32O4/c1-19-9-6-14(22)12-13(19)4-5-15-16(19)7-10-20(2)17(15)8-11-21(20,24)18(23)25-3/h4,14-17,22,24H,5-12H2,1-3H3. The molecule has 3 fully saturated rings. The number of allylic oxidation sites excluding steroid dienone is 1. The number of ether oxygens (including phenoxy) is 1. The van der Waals surface area contributed by atoms with Crippen LogP contribution in [0.15, 0.2) is 11.6 Å². The molecule has 0 aromatic heterocycles. The number of aliphatic hydroxyl groups excluding tert-OH is 1. The number of hydrogen-bond donors (Lipinski definition) is 2. The lowest BCUT2D eigenvalue weighted by atomic mass is 9.47. The highest BCUT2D eigenvalue weighted by Crippen LogP contribution is 2.67. The number of esters is 1. The van der Waals surface area contributed by atoms with E-state index in [9.17, 15) is 15.0 Å². The third-order valence-corrected chi connectivity index (χ3v) is 8.75. The van der Waals surface area contributed by atoms with Crippen molar-refractivity contribution in [1.29, 1.82) is 0 Å². The van der Waals surface area contributed by atoms with Crippen molar-refractivity contribution in [2.75, 3.05) is 7.11 Å². The molecule has 7 unspecified atom stereocenters. The van der Waals surface area contributed by atoms with E-state index < -0.39 is 11.6 Å². The minimum absolute atomic E-state index is 0.180. The Bertz CT molecular complexity index is 613. The van der Waals surface area contributed by atoms with Gasteiger partial charge < -0.3 is 14.9 Å². The minimum atomic E-state index is -1.33. The predicted molar refractivity (Wildman–Crippen MR) is 94.7 cm³/mol. The van der Waals surface area contributed by atoms with Gasteiger partial charge in [0.1, 0.15) is 0 Å². The van der Waals surface area contributed by atoms with Crippen LogP contribution >= 0.6 is 0 Å². The van der Waals surface area contributed by atoms with Crippen LogP contribution in [0.3, 0.4) is 0 Å². The Labute approximate surface area is 150 Å². The van der Waals surface area contributed by atoms with Gasteiger partial charge in [0, 0.05) is 5.41 Å². The van der Waals surface area contributed by atoms with E-state index in [0.717, 1.165) is 44.9 Å². The maximum atomic E-state index is 12.4. The van der Waals surface area contributed by atoms with Crippen molar-refractivity contribution in [3.63, 3.8) is 0 Å². The molecule has 0 heterocycles. The normalized spacial score (nSPS) is 51.8. The first-order chi connectivity index (χ1) is 11.8. The molecule has 2 N–H and O–H groups in total. The lowest BCUT2D eigenvalue weighted by molar-refractivity contribution is -0.184. The summed E-state index contributed by atoms with van der Waals surface area (Å²) in [5.41, 5.74) is -0.0604. The first-order valence-corrected chi connectivity index (χ1v) is 9.94. The van der Waals surface area contributed by atoms with Crippen molar-refractivity contribution in [3.8, 4) is 0 Å². The fourth-order valence-electron chi connectivity index (χ4n) is 7.16. The van der Waals surface area contributed by atoms with Gasteiger partial charge in [-0.2, -0.15) is 0 Å². The van der Waals surface area contributed by atoms with Crippen LogP contribution < -0.4 is 0 Å². The second-order valence-corrected chi connectivity index (χ2v) is 9.50. The lowest BCUT2D eigenvalue weighted by Crippen LogP contribution is -2.57. The largest absolute Gasteiger partial charge is 0.467 e. The molecule has 7 atom stereocenters. The third kappa shape index (κ3) is 2.16. The highest BCUT2D eigenvalue weighted by Gasteiger charge is 2.66. The summed E-state index contributed by atoms with van der Waals surface area (Å²) >= 11 is 0. The van der Waals surface area contributed by atoms with Crippen molar-refractivity contribution in [1.82, 2.24) is 0 Å². The Morgan fingerprint density at radius 3 is 2.60 bits per heavy atom. The van der Waals surface area contributed by atoms with E-state index in [2.05, 4.69) is 19.9 Å². The molecule has 140 valence electrons. The van der Waals surface area contributed by atoms with Gasteiger partial charge in [0.15, 0.2) is 5.60 Å². The van der Waals surface area contributed by atoms with Crippen LogP contribution in [0.2, 0.25) is 0 Å². The van der Waals surface area contributed by atoms with Gasteiger partial charge in [-0.3, -0.25) is 0 Å². The zero-order valence-electron chi connectivity index (χ0n) is 15.8. The molecule has 0 aliphatic heterocycles. The van der Waals surface area contributed by atoms with Gasteiger partial charge in [0.25, 0.3) is 0 Å². The van der Waals surface area contributed by atoms with E-state index in [0.29, 0.717) is 24.2 Å². The lowest BCUT2D eigenvalue weighted by Gasteiger charge is -2.58. The van der Waals surface area contributed by atoms with Gasteiger partial charge in [-0.15, -0.1) is 0 Å². The topological polar surface area (TPSA) is 66.8 Å². The molecule has 0 radical (unpaired) electrons. The van der Waals surface area contributed by atoms with E-state index in [4.69, 9.17) is 4.74 Å². The van der Waals surface area contributed by atoms with Crippen molar-refractivity contribution in [2.24, 2.45) is 28.6 Å². The molecule has 0 bridgehead atoms. The van der Waals surface area contributed by atoms with E-state index in [-0.39, 0.29) is 16.9 Å². The predicted octanol–water partition coefficient (Wildman–Crippen LogP) is 3.21. The molecule has 4 nitrogen and oxygen atoms in total. The van der Waals surface area contributed by atoms with E-state index in [1.165, 1.54) is 12.7 Å². The number of hydrogen-bond acceptors (Lipinski definition) is 4. The molecule has 4 aliphatic rings. The highest BCUT2D eigenvalue weighted by molar-refractivity contribution is 5.81. The van der Waals surface area contributed by atoms with Crippen LogP contribution in [-0.2, 0) is 9.53 Å². The fraction of sp³-hybridized carbons (Fsp3) is 0.857. The van der Waals surface area contributed by atoms with Gasteiger partial charge in [-0.1, -0.05) is 25.5 Å². The molecule has 0 spiro atoms. The minimum Gasteiger partial charge on any atom is -0.467 e. The van der Waals surface area contributed by atoms with Crippen LogP contribution in [0.25, 0.3) is 0 Å². The summed E-state index contributed by atoms with van der Waals surface area (Å²) in [6.07, 6.45) is 9.38. The first kappa shape index (κ1) is 17.5. The summed E-state index contributed by atoms with van der Waals surface area (Å²) in [6, 6.07) is 0. The number of methoxy groups -OCH3 is 1. The zero-order chi connectivity index (χ0) is 18.0. The Hall–Kier alpha value is -0.870. The van der Waals surface area contributed by atoms with Crippen LogP contribution in [0.4, 0.5) is 0 Å². The second kappa shape index (κ2) is 5.56. The van der Waals surface area contributed by atoms with Crippen LogP contribution in [0.1, 0.15) is 65.2 Å². The highest BCUT2D eigenvalue weighted by atomic mass is 16.5. The summed E-state index contributed by atoms with van der Waals surface area (Å²) in [4.78, 5) is 12.4. The Kier molecular flexibility index (Phi) is 3.90. The van der Waals surface area contributed by atoms with E-state index in [1.54, 1.807) is 0 Å². The average molecular weight is 348 g/mol. The molecule has 0 saturated heterocycles. The van der Waals surface area contributed by atoms with Gasteiger partial charge in [0.2, 0.25) is 0 Å². The zero-order valence-corrected chi connectivity index (χ0v) is 15.8. The van der Waals surface area contributed by atoms with Gasteiger partial charge in [-0.05, 0) is 74.5 Å². The monoisotopic (exact) mass is 348 g/mol. The van der Waals surface area contributed by atoms with Crippen LogP contribution in [0, 0.1) is 28.6 Å². The molecular weight excluding hydrogens is 316 g/mol. The number of carbonyl (C=O) groups is 1. The molecule has 0 aromatic rings. The number of rotatable bonds is 1. The summed E-state index contributed by atoms with van der Waals surface area (Å²) in [6.45, 7) is 4.51. The van der Waals surface area contributed by atoms with Crippen molar-refractivity contribution >= 4 is 5.97 Å². The summed E-state index contributed by atoms with van der Waals surface area (Å²) in [5.74, 6) is 1.06. The van der Waals surface area contributed by atoms with Gasteiger partial charge in [0.05, 0.1) is 13.2 Å². The first-order valence-electron chi connectivity index (χ1n) is 9.94. The maximum absolute atomic E-state index is 12.4. The Morgan fingerprint density at radius 1 is 1.16 bits per heavy atom.